The first-order chi connectivity index (χ1) is 18.6. The standard InChI is InChI=1S/C24H49N9O6/c25-11-3-1-8-18(31-21(36)16(29)7-5-13-27)23(38)33-19(9-2-4-12-26)24(39)32-17(10-6-14-28)22(37)30-15-20(34)35/h16-19H,1-15,25-29H2,(H,30,37)(H,31,36)(H,32,39)(H,33,38)(H,34,35)/t16-,17-,18-,19-/m0/s1. The van der Waals surface area contributed by atoms with Crippen molar-refractivity contribution in [2.45, 2.75) is 88.4 Å². The summed E-state index contributed by atoms with van der Waals surface area (Å²) in [4.78, 5) is 62.4. The molecule has 0 aromatic carbocycles. The molecule has 15 heteroatoms. The number of unbranched alkanes of at least 4 members (excludes halogenated alkanes) is 2. The van der Waals surface area contributed by atoms with Gasteiger partial charge in [0.25, 0.3) is 0 Å². The lowest BCUT2D eigenvalue weighted by molar-refractivity contribution is -0.138. The maximum atomic E-state index is 13.2. The lowest BCUT2D eigenvalue weighted by atomic mass is 10.0. The molecule has 0 bridgehead atoms. The van der Waals surface area contributed by atoms with Gasteiger partial charge in [-0.3, -0.25) is 24.0 Å². The molecular weight excluding hydrogens is 510 g/mol. The Morgan fingerprint density at radius 3 is 1.36 bits per heavy atom. The summed E-state index contributed by atoms with van der Waals surface area (Å²) in [5.74, 6) is -3.61. The van der Waals surface area contributed by atoms with Crippen molar-refractivity contribution in [3.63, 3.8) is 0 Å². The minimum absolute atomic E-state index is 0.176. The first-order valence-electron chi connectivity index (χ1n) is 13.6. The lowest BCUT2D eigenvalue weighted by Crippen LogP contribution is -2.58. The molecule has 0 aliphatic carbocycles. The highest BCUT2D eigenvalue weighted by Gasteiger charge is 2.30. The second-order valence-electron chi connectivity index (χ2n) is 9.33. The highest BCUT2D eigenvalue weighted by molar-refractivity contribution is 5.95. The van der Waals surface area contributed by atoms with E-state index in [0.29, 0.717) is 64.6 Å². The van der Waals surface area contributed by atoms with E-state index in [1.54, 1.807) is 0 Å². The van der Waals surface area contributed by atoms with Crippen LogP contribution in [-0.4, -0.2) is 91.6 Å². The zero-order valence-corrected chi connectivity index (χ0v) is 22.8. The van der Waals surface area contributed by atoms with Crippen LogP contribution in [0.4, 0.5) is 0 Å². The predicted octanol–water partition coefficient (Wildman–Crippen LogP) is -3.30. The molecule has 0 aromatic heterocycles. The number of nitrogens with two attached hydrogens (primary N) is 5. The zero-order chi connectivity index (χ0) is 29.6. The van der Waals surface area contributed by atoms with Crippen LogP contribution in [0.25, 0.3) is 0 Å². The first kappa shape index (κ1) is 36.1. The van der Waals surface area contributed by atoms with Gasteiger partial charge in [-0.05, 0) is 90.4 Å². The van der Waals surface area contributed by atoms with Crippen LogP contribution in [0.3, 0.4) is 0 Å². The summed E-state index contributed by atoms with van der Waals surface area (Å²) >= 11 is 0. The molecule has 4 amide bonds. The van der Waals surface area contributed by atoms with Gasteiger partial charge < -0.3 is 55.0 Å². The number of carbonyl (C=O) groups excluding carboxylic acids is 4. The summed E-state index contributed by atoms with van der Waals surface area (Å²) in [5, 5.41) is 19.1. The minimum atomic E-state index is -1.23. The van der Waals surface area contributed by atoms with Crippen LogP contribution in [0.5, 0.6) is 0 Å². The fourth-order valence-corrected chi connectivity index (χ4v) is 3.69. The van der Waals surface area contributed by atoms with Crippen molar-refractivity contribution in [3.05, 3.63) is 0 Å². The van der Waals surface area contributed by atoms with Gasteiger partial charge >= 0.3 is 5.97 Å². The summed E-state index contributed by atoms with van der Waals surface area (Å²) < 4.78 is 0. The van der Waals surface area contributed by atoms with Gasteiger partial charge in [-0.2, -0.15) is 0 Å². The lowest BCUT2D eigenvalue weighted by Gasteiger charge is -2.26. The fourth-order valence-electron chi connectivity index (χ4n) is 3.69. The number of nitrogens with one attached hydrogen (secondary N) is 4. The van der Waals surface area contributed by atoms with Gasteiger partial charge in [0.15, 0.2) is 0 Å². The van der Waals surface area contributed by atoms with E-state index < -0.39 is 60.3 Å². The van der Waals surface area contributed by atoms with Crippen molar-refractivity contribution in [2.24, 2.45) is 28.7 Å². The van der Waals surface area contributed by atoms with Gasteiger partial charge in [0.1, 0.15) is 24.7 Å². The molecule has 0 aliphatic heterocycles. The predicted molar refractivity (Wildman–Crippen MR) is 147 cm³/mol. The monoisotopic (exact) mass is 559 g/mol. The minimum Gasteiger partial charge on any atom is -0.480 e. The number of aliphatic carboxylic acids is 1. The van der Waals surface area contributed by atoms with E-state index in [1.807, 2.05) is 0 Å². The second kappa shape index (κ2) is 22.0. The molecule has 0 radical (unpaired) electrons. The molecule has 0 unspecified atom stereocenters. The van der Waals surface area contributed by atoms with Gasteiger partial charge in [0.2, 0.25) is 23.6 Å². The van der Waals surface area contributed by atoms with E-state index in [1.165, 1.54) is 0 Å². The Morgan fingerprint density at radius 2 is 0.923 bits per heavy atom. The third-order valence-electron chi connectivity index (χ3n) is 5.96. The van der Waals surface area contributed by atoms with Crippen molar-refractivity contribution >= 4 is 29.6 Å². The molecule has 15 N–H and O–H groups in total. The summed E-state index contributed by atoms with van der Waals surface area (Å²) in [6.45, 7) is 0.824. The van der Waals surface area contributed by atoms with E-state index >= 15 is 0 Å². The molecule has 0 spiro atoms. The van der Waals surface area contributed by atoms with Crippen molar-refractivity contribution in [2.75, 3.05) is 32.7 Å². The quantitative estimate of drug-likeness (QED) is 0.0553. The number of carboxylic acid groups (broad SMARTS) is 1. The van der Waals surface area contributed by atoms with Crippen LogP contribution in [0, 0.1) is 0 Å². The Hall–Kier alpha value is -2.85. The molecule has 0 saturated heterocycles. The van der Waals surface area contributed by atoms with Gasteiger partial charge in [0, 0.05) is 0 Å². The number of carbonyl (C=O) groups is 5. The smallest absolute Gasteiger partial charge is 0.322 e. The van der Waals surface area contributed by atoms with Crippen LogP contribution in [0.2, 0.25) is 0 Å². The van der Waals surface area contributed by atoms with Crippen molar-refractivity contribution in [3.8, 4) is 0 Å². The van der Waals surface area contributed by atoms with Crippen molar-refractivity contribution < 1.29 is 29.1 Å². The van der Waals surface area contributed by atoms with Crippen LogP contribution in [0.15, 0.2) is 0 Å². The molecule has 0 fully saturated rings. The first-order valence-corrected chi connectivity index (χ1v) is 13.6. The van der Waals surface area contributed by atoms with Gasteiger partial charge in [-0.15, -0.1) is 0 Å². The average molecular weight is 560 g/mol. The molecule has 4 atom stereocenters. The van der Waals surface area contributed by atoms with E-state index in [0.717, 1.165) is 0 Å². The number of carboxylic acids is 1. The highest BCUT2D eigenvalue weighted by atomic mass is 16.4. The topological polar surface area (TPSA) is 284 Å². The van der Waals surface area contributed by atoms with Crippen molar-refractivity contribution in [1.29, 1.82) is 0 Å². The van der Waals surface area contributed by atoms with Gasteiger partial charge in [0.05, 0.1) is 6.04 Å². The van der Waals surface area contributed by atoms with E-state index in [-0.39, 0.29) is 25.8 Å². The maximum Gasteiger partial charge on any atom is 0.322 e. The summed E-state index contributed by atoms with van der Waals surface area (Å²) in [6, 6.07) is -3.87. The number of hydrogen-bond donors (Lipinski definition) is 10. The van der Waals surface area contributed by atoms with Crippen LogP contribution < -0.4 is 49.9 Å². The van der Waals surface area contributed by atoms with Crippen LogP contribution >= 0.6 is 0 Å². The van der Waals surface area contributed by atoms with Crippen molar-refractivity contribution in [1.82, 2.24) is 21.3 Å². The summed E-state index contributed by atoms with van der Waals surface area (Å²) in [6.07, 6.45) is 4.30. The number of rotatable bonds is 23. The van der Waals surface area contributed by atoms with E-state index in [4.69, 9.17) is 33.8 Å². The van der Waals surface area contributed by atoms with Gasteiger partial charge in [-0.1, -0.05) is 0 Å². The zero-order valence-electron chi connectivity index (χ0n) is 22.8. The molecule has 0 heterocycles. The van der Waals surface area contributed by atoms with Gasteiger partial charge in [-0.25, -0.2) is 0 Å². The third-order valence-corrected chi connectivity index (χ3v) is 5.96. The molecule has 0 saturated carbocycles. The summed E-state index contributed by atoms with van der Waals surface area (Å²) in [5.41, 5.74) is 28.1. The Labute approximate surface area is 230 Å². The molecule has 0 aliphatic rings. The number of hydrogen-bond acceptors (Lipinski definition) is 10. The Kier molecular flexibility index (Phi) is 20.4. The van der Waals surface area contributed by atoms with Crippen LogP contribution in [0.1, 0.15) is 64.2 Å². The van der Waals surface area contributed by atoms with Crippen LogP contribution in [-0.2, 0) is 24.0 Å². The second-order valence-corrected chi connectivity index (χ2v) is 9.33. The van der Waals surface area contributed by atoms with E-state index in [9.17, 15) is 24.0 Å². The van der Waals surface area contributed by atoms with E-state index in [2.05, 4.69) is 21.3 Å². The Bertz CT molecular complexity index is 756. The highest BCUT2D eigenvalue weighted by Crippen LogP contribution is 2.07. The molecule has 15 nitrogen and oxygen atoms in total. The summed E-state index contributed by atoms with van der Waals surface area (Å²) in [7, 11) is 0. The SMILES string of the molecule is NCCCC[C@H](NC(=O)[C@H](CCCCN)NC(=O)[C@@H](N)CCCN)C(=O)N[C@@H](CCCN)C(=O)NCC(=O)O. The Morgan fingerprint density at radius 1 is 0.538 bits per heavy atom. The normalized spacial score (nSPS) is 14.0. The average Bonchev–Trinajstić information content (AvgIpc) is 2.91. The largest absolute Gasteiger partial charge is 0.480 e. The number of amides is 4. The Balaban J connectivity index is 5.63. The fraction of sp³-hybridized carbons (Fsp3) is 0.792. The molecule has 226 valence electrons. The molecule has 0 aromatic rings. The maximum absolute atomic E-state index is 13.2. The molecular formula is C24H49N9O6. The molecule has 0 rings (SSSR count). The molecule has 39 heavy (non-hydrogen) atoms. The third kappa shape index (κ3) is 16.7.